The lowest BCUT2D eigenvalue weighted by atomic mass is 9.97. The van der Waals surface area contributed by atoms with E-state index in [0.717, 1.165) is 21.9 Å². The molecule has 0 fully saturated rings. The SMILES string of the molecule is [2H]c1c([2H])c([2H])c(-c2c([2H])c([2H])c3c([2H])c(-c4c([2H])c([2H])c(N(c5cccc(-c6ccccc6)c5)c5ccc6oc7ccccc7c6c5)c([2H])c4[2H])c([2H])c([2H])c3c2[2H])c([2H])c1[2H]. The minimum absolute atomic E-state index is 0.164. The average molecular weight is 629 g/mol. The fourth-order valence-corrected chi connectivity index (χ4v) is 5.76. The Morgan fingerprint density at radius 3 is 1.79 bits per heavy atom. The number of furan rings is 1. The molecule has 0 N–H and O–H groups in total. The van der Waals surface area contributed by atoms with Crippen LogP contribution in [0.1, 0.15) is 20.6 Å². The summed E-state index contributed by atoms with van der Waals surface area (Å²) in [4.78, 5) is 1.60. The molecule has 0 saturated carbocycles. The summed E-state index contributed by atoms with van der Waals surface area (Å²) >= 11 is 0. The zero-order chi connectivity index (χ0) is 44.9. The molecule has 2 heteroatoms. The van der Waals surface area contributed by atoms with E-state index in [9.17, 15) is 6.85 Å². The van der Waals surface area contributed by atoms with Gasteiger partial charge in [0.25, 0.3) is 0 Å². The number of benzene rings is 8. The van der Waals surface area contributed by atoms with E-state index in [2.05, 4.69) is 0 Å². The first-order valence-corrected chi connectivity index (χ1v) is 15.1. The quantitative estimate of drug-likeness (QED) is 0.182. The second-order valence-corrected chi connectivity index (χ2v) is 11.0. The second kappa shape index (κ2) is 11.8. The lowest BCUT2D eigenvalue weighted by Crippen LogP contribution is -2.10. The largest absolute Gasteiger partial charge is 0.456 e. The van der Waals surface area contributed by atoms with Gasteiger partial charge in [0.1, 0.15) is 11.2 Å². The van der Waals surface area contributed by atoms with Crippen molar-refractivity contribution in [2.75, 3.05) is 4.90 Å². The fourth-order valence-electron chi connectivity index (χ4n) is 5.76. The minimum Gasteiger partial charge on any atom is -0.456 e. The smallest absolute Gasteiger partial charge is 0.135 e. The van der Waals surface area contributed by atoms with Crippen LogP contribution in [0.3, 0.4) is 0 Å². The van der Waals surface area contributed by atoms with Crippen molar-refractivity contribution in [3.63, 3.8) is 0 Å². The van der Waals surface area contributed by atoms with Crippen molar-refractivity contribution in [2.45, 2.75) is 0 Å². The lowest BCUT2D eigenvalue weighted by molar-refractivity contribution is 0.669. The van der Waals surface area contributed by atoms with Crippen LogP contribution in [0.5, 0.6) is 0 Å². The standard InChI is InChI=1S/C46H31NO/c1-3-10-32(11-4-1)35-14-9-15-41(30-35)47(42-26-27-46-44(31-42)43-16-7-8-17-45(43)48-46)40-24-22-34(23-25-40)37-19-21-38-28-36(18-20-39(38)29-37)33-12-5-2-6-13-33/h1-31H/i2D,5D,6D,12D,13D,18D,19D,20D,21D,22D,23D,24D,25D,28D,29D. The average Bonchev–Trinajstić information content (AvgIpc) is 3.66. The van der Waals surface area contributed by atoms with Gasteiger partial charge in [-0.05, 0) is 105 Å². The van der Waals surface area contributed by atoms with Crippen molar-refractivity contribution in [3.05, 3.63) is 188 Å². The molecule has 1 aromatic heterocycles. The van der Waals surface area contributed by atoms with Crippen molar-refractivity contribution in [2.24, 2.45) is 0 Å². The summed E-state index contributed by atoms with van der Waals surface area (Å²) in [5, 5.41) is 0.573. The van der Waals surface area contributed by atoms with Crippen LogP contribution in [0, 0.1) is 0 Å². The van der Waals surface area contributed by atoms with Crippen LogP contribution in [0.2, 0.25) is 0 Å². The number of para-hydroxylation sites is 1. The second-order valence-electron chi connectivity index (χ2n) is 11.0. The van der Waals surface area contributed by atoms with E-state index in [1.165, 1.54) is 0 Å². The molecule has 2 nitrogen and oxygen atoms in total. The summed E-state index contributed by atoms with van der Waals surface area (Å²) in [6.45, 7) is 0. The molecule has 0 unspecified atom stereocenters. The molecule has 0 atom stereocenters. The highest BCUT2D eigenvalue weighted by atomic mass is 16.3. The normalized spacial score (nSPS) is 15.7. The first-order valence-electron chi connectivity index (χ1n) is 22.6. The number of nitrogens with zero attached hydrogens (tertiary/aromatic N) is 1. The number of fused-ring (bicyclic) bond motifs is 4. The van der Waals surface area contributed by atoms with E-state index in [1.807, 2.05) is 78.9 Å². The van der Waals surface area contributed by atoms with Gasteiger partial charge in [0, 0.05) is 27.8 Å². The Balaban J connectivity index is 1.30. The highest BCUT2D eigenvalue weighted by Crippen LogP contribution is 2.40. The van der Waals surface area contributed by atoms with Gasteiger partial charge in [0.15, 0.2) is 0 Å². The van der Waals surface area contributed by atoms with Crippen LogP contribution < -0.4 is 4.90 Å². The predicted octanol–water partition coefficient (Wildman–Crippen LogP) is 13.2. The Labute approximate surface area is 300 Å². The summed E-state index contributed by atoms with van der Waals surface area (Å²) in [6.07, 6.45) is 0. The molecular weight excluding hydrogens is 583 g/mol. The molecule has 0 amide bonds. The molecule has 9 aromatic rings. The number of hydrogen-bond acceptors (Lipinski definition) is 2. The summed E-state index contributed by atoms with van der Waals surface area (Å²) in [7, 11) is 0. The molecule has 48 heavy (non-hydrogen) atoms. The molecule has 0 saturated heterocycles. The molecule has 0 aliphatic rings. The number of rotatable bonds is 6. The molecular formula is C46H31NO. The van der Waals surface area contributed by atoms with E-state index in [0.29, 0.717) is 22.5 Å². The van der Waals surface area contributed by atoms with Crippen LogP contribution in [0.25, 0.3) is 66.1 Å². The van der Waals surface area contributed by atoms with Gasteiger partial charge in [0.05, 0.1) is 20.6 Å². The van der Waals surface area contributed by atoms with Crippen molar-refractivity contribution in [3.8, 4) is 33.4 Å². The number of anilines is 3. The summed E-state index contributed by atoms with van der Waals surface area (Å²) in [6, 6.07) is 19.1. The van der Waals surface area contributed by atoms with E-state index >= 15 is 0 Å². The molecule has 0 bridgehead atoms. The van der Waals surface area contributed by atoms with Crippen molar-refractivity contribution >= 4 is 49.8 Å². The van der Waals surface area contributed by atoms with Crippen molar-refractivity contribution < 1.29 is 25.0 Å². The third kappa shape index (κ3) is 5.10. The topological polar surface area (TPSA) is 16.4 Å². The molecule has 1 heterocycles. The Hall–Kier alpha value is -6.38. The van der Waals surface area contributed by atoms with Crippen LogP contribution >= 0.6 is 0 Å². The maximum absolute atomic E-state index is 9.52. The predicted molar refractivity (Wildman–Crippen MR) is 202 cm³/mol. The zero-order valence-electron chi connectivity index (χ0n) is 40.1. The van der Waals surface area contributed by atoms with E-state index < -0.39 is 124 Å². The maximum Gasteiger partial charge on any atom is 0.135 e. The minimum atomic E-state index is -0.784. The Bertz CT molecular complexity index is 3360. The third-order valence-electron chi connectivity index (χ3n) is 8.04. The van der Waals surface area contributed by atoms with E-state index in [-0.39, 0.29) is 5.69 Å². The third-order valence-corrected chi connectivity index (χ3v) is 8.04. The Morgan fingerprint density at radius 2 is 1.02 bits per heavy atom. The highest BCUT2D eigenvalue weighted by Gasteiger charge is 2.16. The molecule has 226 valence electrons. The Morgan fingerprint density at radius 1 is 0.396 bits per heavy atom. The van der Waals surface area contributed by atoms with Gasteiger partial charge in [-0.2, -0.15) is 0 Å². The van der Waals surface area contributed by atoms with Crippen LogP contribution in [-0.4, -0.2) is 0 Å². The molecule has 8 aromatic carbocycles. The van der Waals surface area contributed by atoms with Crippen LogP contribution in [0.4, 0.5) is 17.1 Å². The van der Waals surface area contributed by atoms with E-state index in [4.69, 9.17) is 18.1 Å². The van der Waals surface area contributed by atoms with Gasteiger partial charge in [-0.25, -0.2) is 0 Å². The van der Waals surface area contributed by atoms with Gasteiger partial charge in [-0.3, -0.25) is 0 Å². The van der Waals surface area contributed by atoms with Gasteiger partial charge >= 0.3 is 0 Å². The Kier molecular flexibility index (Phi) is 4.03. The summed E-state index contributed by atoms with van der Waals surface area (Å²) in [5.41, 5.74) is 1.55. The lowest BCUT2D eigenvalue weighted by Gasteiger charge is -2.26. The van der Waals surface area contributed by atoms with E-state index in [1.54, 1.807) is 23.1 Å². The first-order chi connectivity index (χ1) is 30.0. The maximum atomic E-state index is 9.52. The molecule has 0 aliphatic carbocycles. The fraction of sp³-hybridized carbons (Fsp3) is 0. The molecule has 0 radical (unpaired) electrons. The number of hydrogen-bond donors (Lipinski definition) is 0. The van der Waals surface area contributed by atoms with Crippen LogP contribution in [-0.2, 0) is 0 Å². The van der Waals surface area contributed by atoms with Crippen molar-refractivity contribution in [1.29, 1.82) is 0 Å². The molecule has 0 aliphatic heterocycles. The van der Waals surface area contributed by atoms with Gasteiger partial charge < -0.3 is 9.32 Å². The van der Waals surface area contributed by atoms with Gasteiger partial charge in [-0.1, -0.05) is 127 Å². The van der Waals surface area contributed by atoms with Crippen LogP contribution in [0.15, 0.2) is 192 Å². The van der Waals surface area contributed by atoms with Gasteiger partial charge in [-0.15, -0.1) is 0 Å². The monoisotopic (exact) mass is 628 g/mol. The summed E-state index contributed by atoms with van der Waals surface area (Å²) < 4.78 is 140. The summed E-state index contributed by atoms with van der Waals surface area (Å²) in [5.74, 6) is 0. The highest BCUT2D eigenvalue weighted by molar-refractivity contribution is 6.06. The first kappa shape index (κ1) is 16.4. The molecule has 9 rings (SSSR count). The van der Waals surface area contributed by atoms with Gasteiger partial charge in [0.2, 0.25) is 0 Å². The van der Waals surface area contributed by atoms with Crippen molar-refractivity contribution in [1.82, 2.24) is 0 Å². The molecule has 0 spiro atoms. The zero-order valence-corrected chi connectivity index (χ0v) is 25.1.